The van der Waals surface area contributed by atoms with Crippen molar-refractivity contribution < 1.29 is 8.42 Å². The lowest BCUT2D eigenvalue weighted by atomic mass is 10.3. The first-order valence-corrected chi connectivity index (χ1v) is 8.44. The predicted octanol–water partition coefficient (Wildman–Crippen LogP) is 2.23. The van der Waals surface area contributed by atoms with E-state index in [9.17, 15) is 8.42 Å². The van der Waals surface area contributed by atoms with Crippen LogP contribution in [0.3, 0.4) is 0 Å². The number of nitrogens with zero attached hydrogens (tertiary/aromatic N) is 4. The number of aromatic nitrogens is 4. The lowest BCUT2D eigenvalue weighted by molar-refractivity contribution is 0.601. The monoisotopic (exact) mass is 379 g/mol. The topological polar surface area (TPSA) is 89.8 Å². The lowest BCUT2D eigenvalue weighted by Gasteiger charge is -2.09. The Bertz CT molecular complexity index is 879. The van der Waals surface area contributed by atoms with E-state index in [0.717, 1.165) is 4.47 Å². The summed E-state index contributed by atoms with van der Waals surface area (Å²) in [5.41, 5.74) is 1.04. The van der Waals surface area contributed by atoms with Crippen LogP contribution in [0, 0.1) is 0 Å². The smallest absolute Gasteiger partial charge is 0.261 e. The average molecular weight is 380 g/mol. The van der Waals surface area contributed by atoms with Crippen LogP contribution < -0.4 is 4.72 Å². The number of anilines is 1. The van der Waals surface area contributed by atoms with E-state index in [1.54, 1.807) is 36.4 Å². The van der Waals surface area contributed by atoms with Gasteiger partial charge in [0.1, 0.15) is 6.33 Å². The number of benzene rings is 2. The van der Waals surface area contributed by atoms with Gasteiger partial charge in [-0.25, -0.2) is 13.1 Å². The Hall–Kier alpha value is -2.26. The van der Waals surface area contributed by atoms with E-state index in [2.05, 4.69) is 36.2 Å². The number of hydrogen-bond acceptors (Lipinski definition) is 5. The normalized spacial score (nSPS) is 11.3. The molecule has 1 N–H and O–H groups in total. The number of nitrogens with one attached hydrogen (secondary N) is 1. The van der Waals surface area contributed by atoms with E-state index in [0.29, 0.717) is 11.4 Å². The zero-order chi connectivity index (χ0) is 15.6. The Morgan fingerprint density at radius 2 is 1.86 bits per heavy atom. The largest absolute Gasteiger partial charge is 0.280 e. The minimum atomic E-state index is -3.69. The molecule has 0 spiro atoms. The summed E-state index contributed by atoms with van der Waals surface area (Å²) < 4.78 is 29.6. The molecule has 112 valence electrons. The Kier molecular flexibility index (Phi) is 3.90. The molecule has 22 heavy (non-hydrogen) atoms. The second kappa shape index (κ2) is 5.85. The van der Waals surface area contributed by atoms with E-state index in [1.165, 1.54) is 23.1 Å². The maximum absolute atomic E-state index is 12.4. The van der Waals surface area contributed by atoms with Gasteiger partial charge in [0.15, 0.2) is 0 Å². The summed E-state index contributed by atoms with van der Waals surface area (Å²) in [6.07, 6.45) is 1.40. The van der Waals surface area contributed by atoms with E-state index >= 15 is 0 Å². The summed E-state index contributed by atoms with van der Waals surface area (Å²) in [5, 5.41) is 10.8. The van der Waals surface area contributed by atoms with Gasteiger partial charge in [0.2, 0.25) is 0 Å². The van der Waals surface area contributed by atoms with Crippen LogP contribution in [0.5, 0.6) is 0 Å². The number of halogens is 1. The first-order chi connectivity index (χ1) is 10.5. The van der Waals surface area contributed by atoms with E-state index in [1.807, 2.05) is 0 Å². The maximum Gasteiger partial charge on any atom is 0.261 e. The fourth-order valence-electron chi connectivity index (χ4n) is 1.80. The molecule has 1 heterocycles. The van der Waals surface area contributed by atoms with Crippen LogP contribution in [-0.2, 0) is 10.0 Å². The summed E-state index contributed by atoms with van der Waals surface area (Å²) in [5.74, 6) is 0. The third-order valence-corrected chi connectivity index (χ3v) is 4.75. The van der Waals surface area contributed by atoms with Crippen molar-refractivity contribution in [2.75, 3.05) is 4.72 Å². The van der Waals surface area contributed by atoms with Crippen molar-refractivity contribution in [3.05, 3.63) is 59.3 Å². The minimum absolute atomic E-state index is 0.128. The zero-order valence-electron chi connectivity index (χ0n) is 11.1. The van der Waals surface area contributed by atoms with Crippen molar-refractivity contribution in [3.8, 4) is 5.69 Å². The van der Waals surface area contributed by atoms with Gasteiger partial charge in [0.05, 0.1) is 10.6 Å². The van der Waals surface area contributed by atoms with Crippen molar-refractivity contribution in [2.45, 2.75) is 4.90 Å². The van der Waals surface area contributed by atoms with Gasteiger partial charge < -0.3 is 0 Å². The van der Waals surface area contributed by atoms with E-state index < -0.39 is 10.0 Å². The van der Waals surface area contributed by atoms with Crippen LogP contribution in [0.4, 0.5) is 5.69 Å². The fraction of sp³-hybridized carbons (Fsp3) is 0. The Balaban J connectivity index is 1.92. The van der Waals surface area contributed by atoms with Crippen LogP contribution in [0.2, 0.25) is 0 Å². The van der Waals surface area contributed by atoms with Gasteiger partial charge in [0, 0.05) is 10.2 Å². The SMILES string of the molecule is O=S(=O)(Nc1ccc(Br)cc1)c1cccc(-n2cnnn2)c1. The molecule has 0 bridgehead atoms. The van der Waals surface area contributed by atoms with Crippen LogP contribution in [0.1, 0.15) is 0 Å². The molecule has 0 unspecified atom stereocenters. The molecule has 0 aliphatic heterocycles. The molecule has 0 saturated heterocycles. The highest BCUT2D eigenvalue weighted by Crippen LogP contribution is 2.20. The predicted molar refractivity (Wildman–Crippen MR) is 84.1 cm³/mol. The second-order valence-corrected chi connectivity index (χ2v) is 6.96. The molecule has 0 atom stereocenters. The number of rotatable bonds is 4. The number of sulfonamides is 1. The van der Waals surface area contributed by atoms with Gasteiger partial charge in [-0.1, -0.05) is 22.0 Å². The molecule has 0 radical (unpaired) electrons. The molecule has 0 aliphatic carbocycles. The molecular formula is C13H10BrN5O2S. The quantitative estimate of drug-likeness (QED) is 0.750. The summed E-state index contributed by atoms with van der Waals surface area (Å²) in [6.45, 7) is 0. The number of tetrazole rings is 1. The van der Waals surface area contributed by atoms with Crippen molar-refractivity contribution in [2.24, 2.45) is 0 Å². The highest BCUT2D eigenvalue weighted by Gasteiger charge is 2.15. The highest BCUT2D eigenvalue weighted by molar-refractivity contribution is 9.10. The maximum atomic E-state index is 12.4. The molecule has 0 fully saturated rings. The second-order valence-electron chi connectivity index (χ2n) is 4.36. The van der Waals surface area contributed by atoms with Crippen molar-refractivity contribution in [1.29, 1.82) is 0 Å². The molecule has 3 aromatic rings. The van der Waals surface area contributed by atoms with Gasteiger partial charge in [-0.15, -0.1) is 5.10 Å². The van der Waals surface area contributed by atoms with Crippen LogP contribution >= 0.6 is 15.9 Å². The van der Waals surface area contributed by atoms with Gasteiger partial charge in [-0.05, 0) is 52.9 Å². The molecule has 0 amide bonds. The van der Waals surface area contributed by atoms with Crippen molar-refractivity contribution in [1.82, 2.24) is 20.2 Å². The molecule has 3 rings (SSSR count). The summed E-state index contributed by atoms with van der Waals surface area (Å²) in [7, 11) is -3.69. The Labute approximate surface area is 135 Å². The molecule has 0 aliphatic rings. The van der Waals surface area contributed by atoms with E-state index in [4.69, 9.17) is 0 Å². The third-order valence-electron chi connectivity index (χ3n) is 2.84. The molecule has 0 saturated carbocycles. The van der Waals surface area contributed by atoms with Crippen molar-refractivity contribution in [3.63, 3.8) is 0 Å². The van der Waals surface area contributed by atoms with Crippen LogP contribution in [-0.4, -0.2) is 28.6 Å². The zero-order valence-corrected chi connectivity index (χ0v) is 13.5. The number of hydrogen-bond donors (Lipinski definition) is 1. The van der Waals surface area contributed by atoms with Gasteiger partial charge in [-0.2, -0.15) is 0 Å². The lowest BCUT2D eigenvalue weighted by Crippen LogP contribution is -2.13. The van der Waals surface area contributed by atoms with Crippen LogP contribution in [0.15, 0.2) is 64.2 Å². The van der Waals surface area contributed by atoms with Gasteiger partial charge in [-0.3, -0.25) is 4.72 Å². The molecule has 7 nitrogen and oxygen atoms in total. The average Bonchev–Trinajstić information content (AvgIpc) is 3.04. The van der Waals surface area contributed by atoms with E-state index in [-0.39, 0.29) is 4.90 Å². The highest BCUT2D eigenvalue weighted by atomic mass is 79.9. The first kappa shape index (κ1) is 14.7. The summed E-state index contributed by atoms with van der Waals surface area (Å²) >= 11 is 3.30. The standard InChI is InChI=1S/C13H10BrN5O2S/c14-10-4-6-11(7-5-10)16-22(20,21)13-3-1-2-12(8-13)19-9-15-17-18-19/h1-9,16H. The van der Waals surface area contributed by atoms with Crippen molar-refractivity contribution >= 4 is 31.6 Å². The van der Waals surface area contributed by atoms with Crippen LogP contribution in [0.25, 0.3) is 5.69 Å². The minimum Gasteiger partial charge on any atom is -0.280 e. The molecule has 9 heteroatoms. The first-order valence-electron chi connectivity index (χ1n) is 6.16. The fourth-order valence-corrected chi connectivity index (χ4v) is 3.17. The third kappa shape index (κ3) is 3.15. The Morgan fingerprint density at radius 1 is 1.09 bits per heavy atom. The summed E-state index contributed by atoms with van der Waals surface area (Å²) in [4.78, 5) is 0.128. The molecule has 1 aromatic heterocycles. The van der Waals surface area contributed by atoms with Gasteiger partial charge >= 0.3 is 0 Å². The van der Waals surface area contributed by atoms with Gasteiger partial charge in [0.25, 0.3) is 10.0 Å². The molecule has 2 aromatic carbocycles. The Morgan fingerprint density at radius 3 is 2.55 bits per heavy atom. The summed E-state index contributed by atoms with van der Waals surface area (Å²) in [6, 6.07) is 13.2. The molecular weight excluding hydrogens is 370 g/mol.